The van der Waals surface area contributed by atoms with Crippen molar-refractivity contribution in [2.45, 2.75) is 18.4 Å². The van der Waals surface area contributed by atoms with E-state index in [9.17, 15) is 31.1 Å². The quantitative estimate of drug-likeness (QED) is 0.665. The molecule has 1 rings (SSSR count). The van der Waals surface area contributed by atoms with Crippen molar-refractivity contribution in [2.24, 2.45) is 5.73 Å². The Balaban J connectivity index is 0.00000400. The van der Waals surface area contributed by atoms with E-state index < -0.39 is 41.1 Å². The molecule has 0 saturated carbocycles. The molecule has 3 nitrogen and oxygen atoms in total. The maximum Gasteiger partial charge on any atom is 0.416 e. The van der Waals surface area contributed by atoms with E-state index in [0.717, 1.165) is 7.11 Å². The van der Waals surface area contributed by atoms with Gasteiger partial charge in [-0.1, -0.05) is 0 Å². The van der Waals surface area contributed by atoms with E-state index in [1.807, 2.05) is 0 Å². The summed E-state index contributed by atoms with van der Waals surface area (Å²) in [4.78, 5) is 11.1. The van der Waals surface area contributed by atoms with Crippen molar-refractivity contribution < 1.29 is 35.9 Å². The summed E-state index contributed by atoms with van der Waals surface area (Å²) in [6, 6.07) is -1.01. The van der Waals surface area contributed by atoms with Crippen LogP contribution in [0.3, 0.4) is 0 Å². The van der Waals surface area contributed by atoms with Gasteiger partial charge in [0.05, 0.1) is 18.2 Å². The molecule has 10 heteroatoms. The molecule has 0 aromatic heterocycles. The molecule has 0 saturated heterocycles. The minimum Gasteiger partial charge on any atom is -0.468 e. The number of halogens is 7. The zero-order valence-corrected chi connectivity index (χ0v) is 11.2. The van der Waals surface area contributed by atoms with E-state index >= 15 is 0 Å². The van der Waals surface area contributed by atoms with E-state index in [-0.39, 0.29) is 18.5 Å². The largest absolute Gasteiger partial charge is 0.468 e. The molecule has 21 heavy (non-hydrogen) atoms. The Morgan fingerprint density at radius 1 is 1.05 bits per heavy atom. The second-order valence-corrected chi connectivity index (χ2v) is 3.84. The van der Waals surface area contributed by atoms with Gasteiger partial charge >= 0.3 is 18.3 Å². The fourth-order valence-corrected chi connectivity index (χ4v) is 1.42. The summed E-state index contributed by atoms with van der Waals surface area (Å²) < 4.78 is 79.5. The molecule has 0 heterocycles. The van der Waals surface area contributed by atoms with Crippen LogP contribution in [0.5, 0.6) is 0 Å². The molecule has 0 fully saturated rings. The van der Waals surface area contributed by atoms with E-state index in [2.05, 4.69) is 4.74 Å². The molecule has 0 aliphatic rings. The van der Waals surface area contributed by atoms with Crippen LogP contribution in [0.4, 0.5) is 26.3 Å². The lowest BCUT2D eigenvalue weighted by atomic mass is 10.00. The zero-order valence-electron chi connectivity index (χ0n) is 10.4. The van der Waals surface area contributed by atoms with Crippen molar-refractivity contribution in [2.75, 3.05) is 7.11 Å². The van der Waals surface area contributed by atoms with Gasteiger partial charge in [0, 0.05) is 0 Å². The van der Waals surface area contributed by atoms with Gasteiger partial charge in [0.2, 0.25) is 0 Å². The highest BCUT2D eigenvalue weighted by atomic mass is 35.5. The lowest BCUT2D eigenvalue weighted by molar-refractivity contribution is -0.145. The number of hydrogen-bond acceptors (Lipinski definition) is 3. The summed E-state index contributed by atoms with van der Waals surface area (Å²) in [5.74, 6) is -1.14. The average molecular weight is 338 g/mol. The van der Waals surface area contributed by atoms with E-state index in [0.29, 0.717) is 12.1 Å². The molecular formula is C11H10ClF6NO2. The molecule has 0 bridgehead atoms. The molecule has 0 aliphatic carbocycles. The maximum atomic E-state index is 12.6. The summed E-state index contributed by atoms with van der Waals surface area (Å²) in [5, 5.41) is 0. The number of carbonyl (C=O) groups is 1. The predicted octanol–water partition coefficient (Wildman–Crippen LogP) is 3.32. The highest BCUT2D eigenvalue weighted by Crippen LogP contribution is 2.37. The Kier molecular flexibility index (Phi) is 6.06. The van der Waals surface area contributed by atoms with E-state index in [1.165, 1.54) is 0 Å². The lowest BCUT2D eigenvalue weighted by Gasteiger charge is -2.16. The van der Waals surface area contributed by atoms with Crippen molar-refractivity contribution in [1.29, 1.82) is 0 Å². The topological polar surface area (TPSA) is 52.3 Å². The zero-order chi connectivity index (χ0) is 15.7. The Bertz CT molecular complexity index is 482. The van der Waals surface area contributed by atoms with E-state index in [1.54, 1.807) is 0 Å². The number of hydrogen-bond donors (Lipinski definition) is 1. The fraction of sp³-hybridized carbons (Fsp3) is 0.364. The van der Waals surface area contributed by atoms with Gasteiger partial charge in [0.1, 0.15) is 6.04 Å². The van der Waals surface area contributed by atoms with Gasteiger partial charge in [0.15, 0.2) is 0 Å². The number of alkyl halides is 6. The molecule has 1 aromatic carbocycles. The summed E-state index contributed by atoms with van der Waals surface area (Å²) in [6.45, 7) is 0. The highest BCUT2D eigenvalue weighted by molar-refractivity contribution is 5.85. The van der Waals surface area contributed by atoms with Crippen molar-refractivity contribution in [3.63, 3.8) is 0 Å². The fourth-order valence-electron chi connectivity index (χ4n) is 1.42. The van der Waals surface area contributed by atoms with Crippen LogP contribution in [0.2, 0.25) is 0 Å². The molecule has 0 radical (unpaired) electrons. The summed E-state index contributed by atoms with van der Waals surface area (Å²) in [5.41, 5.74) is 1.56. The Labute approximate surface area is 121 Å². The number of esters is 1. The van der Waals surface area contributed by atoms with Crippen molar-refractivity contribution in [3.8, 4) is 0 Å². The highest BCUT2D eigenvalue weighted by Gasteiger charge is 2.37. The van der Waals surface area contributed by atoms with Crippen molar-refractivity contribution in [1.82, 2.24) is 0 Å². The number of methoxy groups -OCH3 is 1. The minimum absolute atomic E-state index is 0. The van der Waals surface area contributed by atoms with Crippen LogP contribution >= 0.6 is 12.4 Å². The molecular weight excluding hydrogens is 328 g/mol. The van der Waals surface area contributed by atoms with Crippen LogP contribution in [0.1, 0.15) is 22.7 Å². The summed E-state index contributed by atoms with van der Waals surface area (Å²) >= 11 is 0. The Morgan fingerprint density at radius 2 is 1.43 bits per heavy atom. The summed E-state index contributed by atoms with van der Waals surface area (Å²) in [7, 11) is 0.917. The minimum atomic E-state index is -4.99. The first-order valence-corrected chi connectivity index (χ1v) is 5.09. The predicted molar refractivity (Wildman–Crippen MR) is 62.6 cm³/mol. The first kappa shape index (κ1) is 19.5. The Hall–Kier alpha value is -1.48. The molecule has 2 N–H and O–H groups in total. The third kappa shape index (κ3) is 4.78. The SMILES string of the molecule is COC(=O)[C@@H](N)c1cc(C(F)(F)F)cc(C(F)(F)F)c1.Cl. The molecule has 0 spiro atoms. The van der Waals surface area contributed by atoms with Crippen molar-refractivity contribution >= 4 is 18.4 Å². The van der Waals surface area contributed by atoms with E-state index in [4.69, 9.17) is 5.73 Å². The Morgan fingerprint density at radius 3 is 1.71 bits per heavy atom. The standard InChI is InChI=1S/C11H9F6NO2.ClH/c1-20-9(19)8(18)5-2-6(10(12,13)14)4-7(3-5)11(15,16)17;/h2-4,8H,18H2,1H3;1H/t8-;/m0./s1. The maximum absolute atomic E-state index is 12.6. The molecule has 1 aromatic rings. The van der Waals surface area contributed by atoms with Crippen LogP contribution in [-0.2, 0) is 21.9 Å². The van der Waals surface area contributed by atoms with Gasteiger partial charge in [-0.2, -0.15) is 26.3 Å². The first-order valence-electron chi connectivity index (χ1n) is 5.09. The van der Waals surface area contributed by atoms with Crippen molar-refractivity contribution in [3.05, 3.63) is 34.9 Å². The number of carbonyl (C=O) groups excluding carboxylic acids is 1. The number of rotatable bonds is 2. The van der Waals surface area contributed by atoms with Gasteiger partial charge in [-0.05, 0) is 23.8 Å². The first-order chi connectivity index (χ1) is 8.96. The third-order valence-electron chi connectivity index (χ3n) is 2.42. The number of benzene rings is 1. The van der Waals surface area contributed by atoms with Crippen LogP contribution in [0, 0.1) is 0 Å². The van der Waals surface area contributed by atoms with Crippen LogP contribution in [0.25, 0.3) is 0 Å². The van der Waals surface area contributed by atoms with Gasteiger partial charge < -0.3 is 10.5 Å². The normalized spacial score (nSPS) is 13.3. The van der Waals surface area contributed by atoms with Gasteiger partial charge in [-0.3, -0.25) is 4.79 Å². The molecule has 1 atom stereocenters. The lowest BCUT2D eigenvalue weighted by Crippen LogP contribution is -2.24. The summed E-state index contributed by atoms with van der Waals surface area (Å²) in [6.07, 6.45) is -9.99. The van der Waals surface area contributed by atoms with Crippen LogP contribution in [0.15, 0.2) is 18.2 Å². The number of ether oxygens (including phenoxy) is 1. The molecule has 120 valence electrons. The molecule has 0 aliphatic heterocycles. The van der Waals surface area contributed by atoms with Gasteiger partial charge in [-0.25, -0.2) is 0 Å². The van der Waals surface area contributed by atoms with Crippen LogP contribution < -0.4 is 5.73 Å². The smallest absolute Gasteiger partial charge is 0.416 e. The van der Waals surface area contributed by atoms with Gasteiger partial charge in [0.25, 0.3) is 0 Å². The number of nitrogens with two attached hydrogens (primary N) is 1. The van der Waals surface area contributed by atoms with Gasteiger partial charge in [-0.15, -0.1) is 12.4 Å². The second-order valence-electron chi connectivity index (χ2n) is 3.84. The van der Waals surface area contributed by atoms with Crippen LogP contribution in [-0.4, -0.2) is 13.1 Å². The monoisotopic (exact) mass is 337 g/mol. The molecule has 0 amide bonds. The average Bonchev–Trinajstić information content (AvgIpc) is 2.34. The molecule has 0 unspecified atom stereocenters. The second kappa shape index (κ2) is 6.52. The third-order valence-corrected chi connectivity index (χ3v) is 2.42.